The summed E-state index contributed by atoms with van der Waals surface area (Å²) in [4.78, 5) is 7.03. The quantitative estimate of drug-likeness (QED) is 0.708. The van der Waals surface area contributed by atoms with Crippen molar-refractivity contribution in [3.63, 3.8) is 0 Å². The molecule has 0 saturated heterocycles. The van der Waals surface area contributed by atoms with Crippen molar-refractivity contribution in [2.75, 3.05) is 6.61 Å². The second kappa shape index (κ2) is 4.23. The van der Waals surface area contributed by atoms with Crippen molar-refractivity contribution >= 4 is 0 Å². The lowest BCUT2D eigenvalue weighted by Gasteiger charge is -2.07. The number of imidazole rings is 1. The molecule has 68 valence electrons. The van der Waals surface area contributed by atoms with E-state index in [1.807, 2.05) is 13.8 Å². The minimum atomic E-state index is -0.0321. The Hall–Kier alpha value is -0.870. The van der Waals surface area contributed by atoms with Crippen LogP contribution in [0.2, 0.25) is 0 Å². The molecule has 0 radical (unpaired) electrons. The minimum Gasteiger partial charge on any atom is -0.390 e. The van der Waals surface area contributed by atoms with Gasteiger partial charge in [-0.05, 0) is 13.8 Å². The molecule has 2 N–H and O–H groups in total. The van der Waals surface area contributed by atoms with Crippen LogP contribution in [0.3, 0.4) is 0 Å². The Balaban J connectivity index is 2.61. The molecule has 1 atom stereocenters. The first kappa shape index (κ1) is 9.22. The lowest BCUT2D eigenvalue weighted by Crippen LogP contribution is -2.01. The Morgan fingerprint density at radius 2 is 2.50 bits per heavy atom. The fourth-order valence-corrected chi connectivity index (χ4v) is 0.992. The van der Waals surface area contributed by atoms with Crippen LogP contribution in [0.1, 0.15) is 31.5 Å². The number of aliphatic hydroxyl groups excluding tert-OH is 1. The van der Waals surface area contributed by atoms with Crippen LogP contribution in [0.4, 0.5) is 0 Å². The summed E-state index contributed by atoms with van der Waals surface area (Å²) >= 11 is 0. The first-order chi connectivity index (χ1) is 5.77. The van der Waals surface area contributed by atoms with E-state index in [1.54, 1.807) is 6.20 Å². The normalized spacial score (nSPS) is 13.2. The van der Waals surface area contributed by atoms with Gasteiger partial charge in [-0.3, -0.25) is 0 Å². The van der Waals surface area contributed by atoms with Crippen molar-refractivity contribution in [1.29, 1.82) is 0 Å². The number of aromatic nitrogens is 2. The number of nitrogens with zero attached hydrogens (tertiary/aromatic N) is 1. The highest BCUT2D eigenvalue weighted by atomic mass is 16.5. The molecule has 4 nitrogen and oxygen atoms in total. The zero-order chi connectivity index (χ0) is 8.97. The fraction of sp³-hybridized carbons (Fsp3) is 0.625. The van der Waals surface area contributed by atoms with E-state index in [1.165, 1.54) is 0 Å². The monoisotopic (exact) mass is 170 g/mol. The maximum atomic E-state index is 8.75. The molecule has 1 aromatic rings. The maximum Gasteiger partial charge on any atom is 0.135 e. The Morgan fingerprint density at radius 3 is 3.00 bits per heavy atom. The largest absolute Gasteiger partial charge is 0.390 e. The van der Waals surface area contributed by atoms with E-state index in [9.17, 15) is 0 Å². The average molecular weight is 170 g/mol. The molecule has 0 spiro atoms. The third-order valence-corrected chi connectivity index (χ3v) is 1.62. The van der Waals surface area contributed by atoms with Gasteiger partial charge in [0.1, 0.15) is 11.9 Å². The van der Waals surface area contributed by atoms with E-state index in [0.29, 0.717) is 6.61 Å². The van der Waals surface area contributed by atoms with E-state index in [0.717, 1.165) is 11.5 Å². The number of H-pyrrole nitrogens is 1. The molecule has 0 amide bonds. The predicted molar refractivity (Wildman–Crippen MR) is 44.6 cm³/mol. The molecule has 0 saturated carbocycles. The molecule has 0 fully saturated rings. The van der Waals surface area contributed by atoms with Crippen LogP contribution in [0, 0.1) is 0 Å². The molecule has 0 aliphatic carbocycles. The van der Waals surface area contributed by atoms with Crippen LogP contribution < -0.4 is 0 Å². The highest BCUT2D eigenvalue weighted by molar-refractivity contribution is 5.01. The van der Waals surface area contributed by atoms with Gasteiger partial charge in [0.05, 0.1) is 18.5 Å². The summed E-state index contributed by atoms with van der Waals surface area (Å²) in [7, 11) is 0. The van der Waals surface area contributed by atoms with Crippen molar-refractivity contribution in [3.05, 3.63) is 17.7 Å². The molecular formula is C8H14N2O2. The number of hydrogen-bond donors (Lipinski definition) is 2. The van der Waals surface area contributed by atoms with Gasteiger partial charge in [-0.1, -0.05) is 0 Å². The summed E-state index contributed by atoms with van der Waals surface area (Å²) in [5.41, 5.74) is 0.719. The minimum absolute atomic E-state index is 0.00809. The van der Waals surface area contributed by atoms with Crippen molar-refractivity contribution in [3.8, 4) is 0 Å². The van der Waals surface area contributed by atoms with E-state index < -0.39 is 0 Å². The summed E-state index contributed by atoms with van der Waals surface area (Å²) in [6.07, 6.45) is 1.58. The van der Waals surface area contributed by atoms with Crippen molar-refractivity contribution in [1.82, 2.24) is 9.97 Å². The van der Waals surface area contributed by atoms with Gasteiger partial charge in [0.25, 0.3) is 0 Å². The van der Waals surface area contributed by atoms with Crippen LogP contribution in [-0.2, 0) is 11.3 Å². The van der Waals surface area contributed by atoms with Crippen LogP contribution in [0.5, 0.6) is 0 Å². The van der Waals surface area contributed by atoms with Gasteiger partial charge in [0, 0.05) is 6.61 Å². The van der Waals surface area contributed by atoms with E-state index >= 15 is 0 Å². The Morgan fingerprint density at radius 1 is 1.75 bits per heavy atom. The number of aliphatic hydroxyl groups is 1. The van der Waals surface area contributed by atoms with Crippen molar-refractivity contribution in [2.24, 2.45) is 0 Å². The Kier molecular flexibility index (Phi) is 3.25. The molecule has 1 heterocycles. The molecule has 1 unspecified atom stereocenters. The van der Waals surface area contributed by atoms with Gasteiger partial charge >= 0.3 is 0 Å². The zero-order valence-corrected chi connectivity index (χ0v) is 7.37. The standard InChI is InChI=1S/C8H14N2O2/c1-3-12-6(2)8-9-4-7(5-11)10-8/h4,6,11H,3,5H2,1-2H3,(H,9,10). The molecule has 12 heavy (non-hydrogen) atoms. The lowest BCUT2D eigenvalue weighted by molar-refractivity contribution is 0.0705. The average Bonchev–Trinajstić information content (AvgIpc) is 2.52. The van der Waals surface area contributed by atoms with E-state index in [2.05, 4.69) is 9.97 Å². The second-order valence-corrected chi connectivity index (χ2v) is 2.55. The van der Waals surface area contributed by atoms with Crippen LogP contribution in [0.25, 0.3) is 0 Å². The van der Waals surface area contributed by atoms with Gasteiger partial charge < -0.3 is 14.8 Å². The highest BCUT2D eigenvalue weighted by Crippen LogP contribution is 2.12. The summed E-state index contributed by atoms with van der Waals surface area (Å²) in [6, 6.07) is 0. The second-order valence-electron chi connectivity index (χ2n) is 2.55. The third-order valence-electron chi connectivity index (χ3n) is 1.62. The summed E-state index contributed by atoms with van der Waals surface area (Å²) < 4.78 is 5.31. The van der Waals surface area contributed by atoms with Crippen molar-refractivity contribution < 1.29 is 9.84 Å². The maximum absolute atomic E-state index is 8.75. The summed E-state index contributed by atoms with van der Waals surface area (Å²) in [6.45, 7) is 4.51. The molecule has 0 aromatic carbocycles. The highest BCUT2D eigenvalue weighted by Gasteiger charge is 2.08. The number of ether oxygens (including phenoxy) is 1. The molecular weight excluding hydrogens is 156 g/mol. The number of aromatic amines is 1. The number of rotatable bonds is 4. The van der Waals surface area contributed by atoms with Gasteiger partial charge in [-0.2, -0.15) is 0 Å². The number of nitrogens with one attached hydrogen (secondary N) is 1. The first-order valence-corrected chi connectivity index (χ1v) is 4.04. The Bertz CT molecular complexity index is 235. The Labute approximate surface area is 71.6 Å². The van der Waals surface area contributed by atoms with Gasteiger partial charge in [0.2, 0.25) is 0 Å². The molecule has 0 bridgehead atoms. The smallest absolute Gasteiger partial charge is 0.135 e. The molecule has 1 aromatic heterocycles. The van der Waals surface area contributed by atoms with Crippen molar-refractivity contribution in [2.45, 2.75) is 26.6 Å². The van der Waals surface area contributed by atoms with Gasteiger partial charge in [0.15, 0.2) is 0 Å². The van der Waals surface area contributed by atoms with Crippen LogP contribution in [0.15, 0.2) is 6.20 Å². The van der Waals surface area contributed by atoms with Gasteiger partial charge in [-0.25, -0.2) is 4.98 Å². The van der Waals surface area contributed by atoms with E-state index in [-0.39, 0.29) is 12.7 Å². The molecule has 0 aliphatic heterocycles. The lowest BCUT2D eigenvalue weighted by atomic mass is 10.4. The zero-order valence-electron chi connectivity index (χ0n) is 7.37. The topological polar surface area (TPSA) is 58.1 Å². The molecule has 4 heteroatoms. The third kappa shape index (κ3) is 2.06. The van der Waals surface area contributed by atoms with Crippen LogP contribution in [-0.4, -0.2) is 21.7 Å². The predicted octanol–water partition coefficient (Wildman–Crippen LogP) is 0.999. The van der Waals surface area contributed by atoms with Crippen LogP contribution >= 0.6 is 0 Å². The summed E-state index contributed by atoms with van der Waals surface area (Å²) in [5, 5.41) is 8.75. The first-order valence-electron chi connectivity index (χ1n) is 4.04. The van der Waals surface area contributed by atoms with Gasteiger partial charge in [-0.15, -0.1) is 0 Å². The van der Waals surface area contributed by atoms with E-state index in [4.69, 9.17) is 9.84 Å². The SMILES string of the molecule is CCOC(C)c1ncc(CO)[nH]1. The summed E-state index contributed by atoms with van der Waals surface area (Å²) in [5.74, 6) is 0.765. The fourth-order valence-electron chi connectivity index (χ4n) is 0.992. The number of hydrogen-bond acceptors (Lipinski definition) is 3. The molecule has 0 aliphatic rings. The molecule has 1 rings (SSSR count).